The Bertz CT molecular complexity index is 640. The molecule has 0 bridgehead atoms. The minimum Gasteiger partial charge on any atom is -0.324 e. The zero-order valence-electron chi connectivity index (χ0n) is 12.3. The molecule has 0 amide bonds. The molecule has 5 nitrogen and oxygen atoms in total. The van der Waals surface area contributed by atoms with Crippen molar-refractivity contribution < 1.29 is 0 Å². The molecule has 0 unspecified atom stereocenters. The van der Waals surface area contributed by atoms with Crippen molar-refractivity contribution in [1.29, 1.82) is 0 Å². The molecule has 0 saturated heterocycles. The predicted octanol–water partition coefficient (Wildman–Crippen LogP) is 1.98. The largest absolute Gasteiger partial charge is 0.324 e. The molecular weight excluding hydrogens is 266 g/mol. The Morgan fingerprint density at radius 3 is 2.45 bits per heavy atom. The molecule has 0 aliphatic heterocycles. The molecule has 2 aromatic rings. The number of fused-ring (bicyclic) bond motifs is 1. The zero-order chi connectivity index (χ0) is 14.6. The zero-order valence-corrected chi connectivity index (χ0v) is 13.3. The van der Waals surface area contributed by atoms with Crippen LogP contribution in [0.4, 0.5) is 0 Å². The second-order valence-electron chi connectivity index (χ2n) is 4.90. The monoisotopic (exact) mass is 287 g/mol. The molecule has 2 heterocycles. The fraction of sp³-hybridized carbons (Fsp3) is 0.500. The lowest BCUT2D eigenvalue weighted by atomic mass is 10.4. The first-order chi connectivity index (χ1) is 9.68. The van der Waals surface area contributed by atoms with E-state index in [4.69, 9.17) is 5.73 Å². The second-order valence-corrected chi connectivity index (χ2v) is 9.83. The van der Waals surface area contributed by atoms with E-state index in [1.54, 1.807) is 4.52 Å². The van der Waals surface area contributed by atoms with Gasteiger partial charge in [-0.3, -0.25) is 0 Å². The van der Waals surface area contributed by atoms with Gasteiger partial charge in [0.2, 0.25) is 0 Å². The van der Waals surface area contributed by atoms with E-state index in [-0.39, 0.29) is 0 Å². The molecule has 2 rings (SSSR count). The van der Waals surface area contributed by atoms with Crippen LogP contribution >= 0.6 is 0 Å². The number of aromatic nitrogens is 4. The molecule has 106 valence electrons. The summed E-state index contributed by atoms with van der Waals surface area (Å²) >= 11 is 0. The van der Waals surface area contributed by atoms with Crippen molar-refractivity contribution in [3.63, 3.8) is 0 Å². The van der Waals surface area contributed by atoms with Crippen molar-refractivity contribution >= 4 is 13.7 Å². The summed E-state index contributed by atoms with van der Waals surface area (Å²) in [4.78, 5) is 0. The predicted molar refractivity (Wildman–Crippen MR) is 82.7 cm³/mol. The van der Waals surface area contributed by atoms with Crippen LogP contribution in [0.15, 0.2) is 12.1 Å². The van der Waals surface area contributed by atoms with E-state index >= 15 is 0 Å². The Morgan fingerprint density at radius 1 is 1.15 bits per heavy atom. The summed E-state index contributed by atoms with van der Waals surface area (Å²) in [6.07, 6.45) is 0. The first-order valence-electron chi connectivity index (χ1n) is 7.12. The highest BCUT2D eigenvalue weighted by molar-refractivity contribution is 6.87. The van der Waals surface area contributed by atoms with Crippen molar-refractivity contribution in [2.24, 2.45) is 5.73 Å². The molecule has 2 aromatic heterocycles. The number of hydrogen-bond donors (Lipinski definition) is 1. The lowest BCUT2D eigenvalue weighted by Gasteiger charge is -2.19. The van der Waals surface area contributed by atoms with E-state index in [1.807, 2.05) is 12.1 Å². The molecule has 20 heavy (non-hydrogen) atoms. The summed E-state index contributed by atoms with van der Waals surface area (Å²) in [5.74, 6) is 3.92. The molecule has 0 aromatic carbocycles. The van der Waals surface area contributed by atoms with Gasteiger partial charge in [0.1, 0.15) is 13.8 Å². The maximum atomic E-state index is 5.63. The van der Waals surface area contributed by atoms with Crippen LogP contribution in [0.5, 0.6) is 0 Å². The van der Waals surface area contributed by atoms with Crippen LogP contribution in [0, 0.1) is 11.5 Å². The third-order valence-corrected chi connectivity index (χ3v) is 8.71. The van der Waals surface area contributed by atoms with Crippen LogP contribution in [-0.2, 0) is 6.54 Å². The summed E-state index contributed by atoms with van der Waals surface area (Å²) in [6.45, 7) is 7.06. The molecule has 0 aliphatic rings. The number of hydrogen-bond acceptors (Lipinski definition) is 4. The van der Waals surface area contributed by atoms with Gasteiger partial charge in [-0.2, -0.15) is 9.61 Å². The number of rotatable bonds is 4. The standard InChI is InChI=1S/C14H21N5Si/c1-4-20(5-2,6-3)10-9-12-7-8-13-16-17-14(11-15)19(13)18-12/h7-8H,4-6,11,15H2,1-3H3. The maximum Gasteiger partial charge on any atom is 0.178 e. The van der Waals surface area contributed by atoms with Crippen molar-refractivity contribution in [2.45, 2.75) is 45.4 Å². The molecule has 0 radical (unpaired) electrons. The highest BCUT2D eigenvalue weighted by Crippen LogP contribution is 2.18. The summed E-state index contributed by atoms with van der Waals surface area (Å²) in [5, 5.41) is 12.5. The highest BCUT2D eigenvalue weighted by atomic mass is 28.3. The number of nitrogens with zero attached hydrogens (tertiary/aromatic N) is 4. The van der Waals surface area contributed by atoms with E-state index in [0.717, 1.165) is 5.69 Å². The summed E-state index contributed by atoms with van der Waals surface area (Å²) in [5.41, 5.74) is 10.6. The van der Waals surface area contributed by atoms with Gasteiger partial charge in [-0.15, -0.1) is 15.7 Å². The van der Waals surface area contributed by atoms with Crippen molar-refractivity contribution in [3.8, 4) is 11.5 Å². The number of nitrogens with two attached hydrogens (primary N) is 1. The minimum atomic E-state index is -1.44. The van der Waals surface area contributed by atoms with Gasteiger partial charge in [0.15, 0.2) is 11.5 Å². The van der Waals surface area contributed by atoms with Gasteiger partial charge in [0.25, 0.3) is 0 Å². The van der Waals surface area contributed by atoms with Crippen LogP contribution in [0.2, 0.25) is 18.1 Å². The highest BCUT2D eigenvalue weighted by Gasteiger charge is 2.24. The Kier molecular flexibility index (Phi) is 4.52. The van der Waals surface area contributed by atoms with E-state index in [1.165, 1.54) is 18.1 Å². The average molecular weight is 287 g/mol. The molecule has 2 N–H and O–H groups in total. The summed E-state index contributed by atoms with van der Waals surface area (Å²) in [6, 6.07) is 7.36. The Balaban J connectivity index is 2.39. The van der Waals surface area contributed by atoms with Crippen molar-refractivity contribution in [3.05, 3.63) is 23.7 Å². The third kappa shape index (κ3) is 2.74. The lowest BCUT2D eigenvalue weighted by molar-refractivity contribution is 0.803. The van der Waals surface area contributed by atoms with Gasteiger partial charge in [-0.25, -0.2) is 0 Å². The fourth-order valence-electron chi connectivity index (χ4n) is 2.24. The van der Waals surface area contributed by atoms with Gasteiger partial charge in [0, 0.05) is 0 Å². The fourth-order valence-corrected chi connectivity index (χ4v) is 4.66. The molecule has 0 aliphatic carbocycles. The topological polar surface area (TPSA) is 69.1 Å². The van der Waals surface area contributed by atoms with E-state index < -0.39 is 8.07 Å². The molecular formula is C14H21N5Si. The Hall–Kier alpha value is -1.71. The SMILES string of the molecule is CC[Si](C#Cc1ccc2nnc(CN)n2n1)(CC)CC. The minimum absolute atomic E-state index is 0.322. The second kappa shape index (κ2) is 6.16. The normalized spacial score (nSPS) is 11.4. The van der Waals surface area contributed by atoms with Gasteiger partial charge in [-0.05, 0) is 30.3 Å². The first kappa shape index (κ1) is 14.7. The summed E-state index contributed by atoms with van der Waals surface area (Å²) < 4.78 is 1.68. The van der Waals surface area contributed by atoms with E-state index in [0.29, 0.717) is 18.0 Å². The van der Waals surface area contributed by atoms with Gasteiger partial charge >= 0.3 is 0 Å². The molecule has 0 spiro atoms. The van der Waals surface area contributed by atoms with Crippen molar-refractivity contribution in [1.82, 2.24) is 19.8 Å². The van der Waals surface area contributed by atoms with Gasteiger partial charge in [0.05, 0.1) is 6.54 Å². The van der Waals surface area contributed by atoms with Gasteiger partial charge < -0.3 is 5.73 Å². The summed E-state index contributed by atoms with van der Waals surface area (Å²) in [7, 11) is -1.44. The van der Waals surface area contributed by atoms with Crippen LogP contribution < -0.4 is 5.73 Å². The maximum absolute atomic E-state index is 5.63. The van der Waals surface area contributed by atoms with Crippen LogP contribution in [0.25, 0.3) is 5.65 Å². The van der Waals surface area contributed by atoms with Gasteiger partial charge in [-0.1, -0.05) is 26.7 Å². The molecule has 0 fully saturated rings. The average Bonchev–Trinajstić information content (AvgIpc) is 2.91. The smallest absolute Gasteiger partial charge is 0.178 e. The van der Waals surface area contributed by atoms with Crippen LogP contribution in [0.1, 0.15) is 32.3 Å². The third-order valence-electron chi connectivity index (χ3n) is 4.00. The Labute approximate surface area is 120 Å². The quantitative estimate of drug-likeness (QED) is 0.689. The molecule has 0 saturated carbocycles. The van der Waals surface area contributed by atoms with Crippen molar-refractivity contribution in [2.75, 3.05) is 0 Å². The Morgan fingerprint density at radius 2 is 1.85 bits per heavy atom. The molecule has 6 heteroatoms. The van der Waals surface area contributed by atoms with Crippen LogP contribution in [-0.4, -0.2) is 27.9 Å². The molecule has 0 atom stereocenters. The van der Waals surface area contributed by atoms with Crippen LogP contribution in [0.3, 0.4) is 0 Å². The van der Waals surface area contributed by atoms with E-state index in [2.05, 4.69) is 47.5 Å². The lowest BCUT2D eigenvalue weighted by Crippen LogP contribution is -2.29. The first-order valence-corrected chi connectivity index (χ1v) is 9.74. The van der Waals surface area contributed by atoms with E-state index in [9.17, 15) is 0 Å².